The lowest BCUT2D eigenvalue weighted by atomic mass is 9.91. The van der Waals surface area contributed by atoms with Crippen molar-refractivity contribution in [2.75, 3.05) is 37.6 Å². The van der Waals surface area contributed by atoms with Gasteiger partial charge in [-0.2, -0.15) is 0 Å². The highest BCUT2D eigenvalue weighted by Crippen LogP contribution is 2.22. The summed E-state index contributed by atoms with van der Waals surface area (Å²) in [5.41, 5.74) is 5.73. The molecule has 1 aromatic carbocycles. The number of nitrogens with zero attached hydrogens (tertiary/aromatic N) is 2. The molecule has 0 aromatic heterocycles. The van der Waals surface area contributed by atoms with E-state index in [1.54, 1.807) is 12.1 Å². The fourth-order valence-electron chi connectivity index (χ4n) is 2.37. The molecule has 1 fully saturated rings. The Kier molecular flexibility index (Phi) is 4.28. The number of amides is 1. The third-order valence-electron chi connectivity index (χ3n) is 3.85. The van der Waals surface area contributed by atoms with Crippen molar-refractivity contribution in [3.05, 3.63) is 30.1 Å². The highest BCUT2D eigenvalue weighted by molar-refractivity contribution is 5.82. The minimum absolute atomic E-state index is 0.0770. The van der Waals surface area contributed by atoms with E-state index in [2.05, 4.69) is 0 Å². The van der Waals surface area contributed by atoms with Crippen LogP contribution < -0.4 is 10.6 Å². The molecule has 0 unspecified atom stereocenters. The lowest BCUT2D eigenvalue weighted by Gasteiger charge is -2.39. The topological polar surface area (TPSA) is 49.6 Å². The van der Waals surface area contributed by atoms with Crippen molar-refractivity contribution < 1.29 is 9.18 Å². The quantitative estimate of drug-likeness (QED) is 0.911. The summed E-state index contributed by atoms with van der Waals surface area (Å²) in [5.74, 6) is -0.136. The molecule has 20 heavy (non-hydrogen) atoms. The van der Waals surface area contributed by atoms with E-state index in [1.165, 1.54) is 6.07 Å². The van der Waals surface area contributed by atoms with Crippen LogP contribution in [0.15, 0.2) is 24.3 Å². The minimum atomic E-state index is -0.528. The van der Waals surface area contributed by atoms with Gasteiger partial charge in [-0.3, -0.25) is 4.79 Å². The van der Waals surface area contributed by atoms with E-state index in [0.717, 1.165) is 0 Å². The van der Waals surface area contributed by atoms with Gasteiger partial charge in [0.2, 0.25) is 5.91 Å². The molecular formula is C15H22FN3O. The SMILES string of the molecule is CC(C)(CN)C(=O)N1CCN(c2ccccc2F)CC1. The molecule has 1 amide bonds. The largest absolute Gasteiger partial charge is 0.366 e. The molecule has 2 rings (SSSR count). The maximum absolute atomic E-state index is 13.7. The average Bonchev–Trinajstić information content (AvgIpc) is 2.47. The first kappa shape index (κ1) is 14.8. The molecule has 1 saturated heterocycles. The van der Waals surface area contributed by atoms with Crippen LogP contribution in [0, 0.1) is 11.2 Å². The van der Waals surface area contributed by atoms with E-state index in [9.17, 15) is 9.18 Å². The van der Waals surface area contributed by atoms with Gasteiger partial charge in [-0.05, 0) is 26.0 Å². The Morgan fingerprint density at radius 3 is 2.40 bits per heavy atom. The highest BCUT2D eigenvalue weighted by atomic mass is 19.1. The van der Waals surface area contributed by atoms with Gasteiger partial charge in [0, 0.05) is 32.7 Å². The smallest absolute Gasteiger partial charge is 0.229 e. The Morgan fingerprint density at radius 2 is 1.85 bits per heavy atom. The summed E-state index contributed by atoms with van der Waals surface area (Å²) in [6.07, 6.45) is 0. The second-order valence-corrected chi connectivity index (χ2v) is 5.82. The van der Waals surface area contributed by atoms with Crippen molar-refractivity contribution in [3.8, 4) is 0 Å². The Balaban J connectivity index is 2.00. The van der Waals surface area contributed by atoms with Gasteiger partial charge in [-0.15, -0.1) is 0 Å². The van der Waals surface area contributed by atoms with Crippen molar-refractivity contribution >= 4 is 11.6 Å². The maximum Gasteiger partial charge on any atom is 0.229 e. The van der Waals surface area contributed by atoms with Gasteiger partial charge < -0.3 is 15.5 Å². The lowest BCUT2D eigenvalue weighted by Crippen LogP contribution is -2.53. The van der Waals surface area contributed by atoms with Crippen LogP contribution in [0.4, 0.5) is 10.1 Å². The van der Waals surface area contributed by atoms with Gasteiger partial charge in [0.15, 0.2) is 0 Å². The van der Waals surface area contributed by atoms with Crippen LogP contribution >= 0.6 is 0 Å². The first-order valence-corrected chi connectivity index (χ1v) is 6.94. The molecule has 0 bridgehead atoms. The molecular weight excluding hydrogens is 257 g/mol. The number of benzene rings is 1. The molecule has 0 saturated carbocycles. The van der Waals surface area contributed by atoms with Gasteiger partial charge >= 0.3 is 0 Å². The number of piperazine rings is 1. The van der Waals surface area contributed by atoms with Crippen LogP contribution in [-0.4, -0.2) is 43.5 Å². The highest BCUT2D eigenvalue weighted by Gasteiger charge is 2.32. The summed E-state index contributed by atoms with van der Waals surface area (Å²) in [4.78, 5) is 16.1. The van der Waals surface area contributed by atoms with E-state index >= 15 is 0 Å². The van der Waals surface area contributed by atoms with Gasteiger partial charge in [0.05, 0.1) is 11.1 Å². The predicted molar refractivity (Wildman–Crippen MR) is 78.0 cm³/mol. The van der Waals surface area contributed by atoms with Crippen LogP contribution in [0.5, 0.6) is 0 Å². The molecule has 0 radical (unpaired) electrons. The molecule has 5 heteroatoms. The molecule has 1 heterocycles. The van der Waals surface area contributed by atoms with Gasteiger partial charge in [-0.25, -0.2) is 4.39 Å². The van der Waals surface area contributed by atoms with Crippen molar-refractivity contribution in [2.45, 2.75) is 13.8 Å². The lowest BCUT2D eigenvalue weighted by molar-refractivity contribution is -0.140. The number of halogens is 1. The molecule has 110 valence electrons. The zero-order valence-electron chi connectivity index (χ0n) is 12.1. The average molecular weight is 279 g/mol. The van der Waals surface area contributed by atoms with Gasteiger partial charge in [0.1, 0.15) is 5.82 Å². The number of anilines is 1. The van der Waals surface area contributed by atoms with E-state index in [0.29, 0.717) is 38.4 Å². The second-order valence-electron chi connectivity index (χ2n) is 5.82. The molecule has 4 nitrogen and oxygen atoms in total. The van der Waals surface area contributed by atoms with Crippen molar-refractivity contribution in [3.63, 3.8) is 0 Å². The summed E-state index contributed by atoms with van der Waals surface area (Å²) in [7, 11) is 0. The van der Waals surface area contributed by atoms with Crippen LogP contribution in [0.2, 0.25) is 0 Å². The summed E-state index contributed by atoms with van der Waals surface area (Å²) >= 11 is 0. The van der Waals surface area contributed by atoms with Crippen molar-refractivity contribution in [1.29, 1.82) is 0 Å². The molecule has 1 aromatic rings. The molecule has 0 atom stereocenters. The third kappa shape index (κ3) is 2.93. The van der Waals surface area contributed by atoms with E-state index in [1.807, 2.05) is 29.7 Å². The van der Waals surface area contributed by atoms with Crippen molar-refractivity contribution in [1.82, 2.24) is 4.90 Å². The predicted octanol–water partition coefficient (Wildman–Crippen LogP) is 1.46. The fourth-order valence-corrected chi connectivity index (χ4v) is 2.37. The fraction of sp³-hybridized carbons (Fsp3) is 0.533. The van der Waals surface area contributed by atoms with Crippen molar-refractivity contribution in [2.24, 2.45) is 11.1 Å². The number of para-hydroxylation sites is 1. The zero-order valence-corrected chi connectivity index (χ0v) is 12.1. The number of nitrogens with two attached hydrogens (primary N) is 1. The first-order valence-electron chi connectivity index (χ1n) is 6.94. The van der Waals surface area contributed by atoms with E-state index in [4.69, 9.17) is 5.73 Å². The summed E-state index contributed by atoms with van der Waals surface area (Å²) < 4.78 is 13.7. The van der Waals surface area contributed by atoms with E-state index < -0.39 is 5.41 Å². The van der Waals surface area contributed by atoms with Crippen LogP contribution in [0.1, 0.15) is 13.8 Å². The summed E-state index contributed by atoms with van der Waals surface area (Å²) in [6, 6.07) is 6.75. The number of carbonyl (C=O) groups excluding carboxylic acids is 1. The number of rotatable bonds is 3. The Morgan fingerprint density at radius 1 is 1.25 bits per heavy atom. The Labute approximate surface area is 119 Å². The molecule has 1 aliphatic rings. The van der Waals surface area contributed by atoms with E-state index in [-0.39, 0.29) is 11.7 Å². The van der Waals surface area contributed by atoms with Gasteiger partial charge in [0.25, 0.3) is 0 Å². The van der Waals surface area contributed by atoms with Crippen LogP contribution in [0.3, 0.4) is 0 Å². The monoisotopic (exact) mass is 279 g/mol. The number of hydrogen-bond acceptors (Lipinski definition) is 3. The Bertz CT molecular complexity index is 482. The third-order valence-corrected chi connectivity index (χ3v) is 3.85. The molecule has 0 spiro atoms. The van der Waals surface area contributed by atoms with Gasteiger partial charge in [-0.1, -0.05) is 12.1 Å². The van der Waals surface area contributed by atoms with Crippen LogP contribution in [-0.2, 0) is 4.79 Å². The first-order chi connectivity index (χ1) is 9.45. The molecule has 2 N–H and O–H groups in total. The number of carbonyl (C=O) groups is 1. The normalized spacial score (nSPS) is 16.4. The second kappa shape index (κ2) is 5.79. The number of hydrogen-bond donors (Lipinski definition) is 1. The Hall–Kier alpha value is -1.62. The standard InChI is InChI=1S/C15H22FN3O/c1-15(2,11-17)14(20)19-9-7-18(8-10-19)13-6-4-3-5-12(13)16/h3-6H,7-11,17H2,1-2H3. The minimum Gasteiger partial charge on any atom is -0.366 e. The maximum atomic E-state index is 13.7. The van der Waals surface area contributed by atoms with Crippen LogP contribution in [0.25, 0.3) is 0 Å². The molecule has 0 aliphatic carbocycles. The zero-order chi connectivity index (χ0) is 14.8. The summed E-state index contributed by atoms with van der Waals surface area (Å²) in [6.45, 7) is 6.56. The summed E-state index contributed by atoms with van der Waals surface area (Å²) in [5, 5.41) is 0. The molecule has 1 aliphatic heterocycles.